The van der Waals surface area contributed by atoms with E-state index in [1.807, 2.05) is 39.8 Å². The molecule has 1 atom stereocenters. The smallest absolute Gasteiger partial charge is 0.240 e. The number of carbonyl (C=O) groups is 2. The molecule has 1 aliphatic heterocycles. The lowest BCUT2D eigenvalue weighted by Gasteiger charge is -2.24. The normalized spacial score (nSPS) is 15.9. The Bertz CT molecular complexity index is 1300. The molecular formula is C28H33F2N5O2S. The van der Waals surface area contributed by atoms with Gasteiger partial charge < -0.3 is 10.2 Å². The Morgan fingerprint density at radius 1 is 1.08 bits per heavy atom. The zero-order valence-corrected chi connectivity index (χ0v) is 23.1. The van der Waals surface area contributed by atoms with Gasteiger partial charge in [0.1, 0.15) is 24.0 Å². The summed E-state index contributed by atoms with van der Waals surface area (Å²) in [6.45, 7) is 7.01. The fourth-order valence-electron chi connectivity index (χ4n) is 4.35. The van der Waals surface area contributed by atoms with Gasteiger partial charge in [-0.1, -0.05) is 32.9 Å². The maximum absolute atomic E-state index is 13.8. The highest BCUT2D eigenvalue weighted by atomic mass is 32.2. The molecule has 1 unspecified atom stereocenters. The van der Waals surface area contributed by atoms with E-state index < -0.39 is 11.2 Å². The van der Waals surface area contributed by atoms with Gasteiger partial charge in [-0.3, -0.25) is 14.5 Å². The van der Waals surface area contributed by atoms with Crippen molar-refractivity contribution in [2.24, 2.45) is 0 Å². The van der Waals surface area contributed by atoms with Crippen molar-refractivity contribution < 1.29 is 18.4 Å². The molecule has 0 fully saturated rings. The summed E-state index contributed by atoms with van der Waals surface area (Å²) in [7, 11) is 3.83. The highest BCUT2D eigenvalue weighted by molar-refractivity contribution is 8.00. The number of likely N-dealkylation sites (N-methyl/N-ethyl adjacent to an activating group) is 1. The quantitative estimate of drug-likeness (QED) is 0.483. The number of aromatic nitrogens is 2. The van der Waals surface area contributed by atoms with Crippen LogP contribution < -0.4 is 10.2 Å². The van der Waals surface area contributed by atoms with E-state index in [4.69, 9.17) is 5.10 Å². The maximum atomic E-state index is 13.8. The average molecular weight is 542 g/mol. The summed E-state index contributed by atoms with van der Waals surface area (Å²) < 4.78 is 29.3. The van der Waals surface area contributed by atoms with Gasteiger partial charge in [0.05, 0.1) is 22.4 Å². The van der Waals surface area contributed by atoms with Crippen LogP contribution >= 0.6 is 11.8 Å². The fraction of sp³-hybridized carbons (Fsp3) is 0.393. The lowest BCUT2D eigenvalue weighted by Crippen LogP contribution is -2.43. The standard InChI is InChI=1S/C28H33F2N5O2S/c1-28(2,3)26-24-25(18-6-8-19(29)9-7-18)38-17-23(37)34(16-22(36)31-14-15-33(4)5)27(24)35(32-26)21-12-10-20(30)11-13-21/h6-13,25H,14-17H2,1-5H3,(H,31,36). The third kappa shape index (κ3) is 6.07. The molecule has 0 radical (unpaired) electrons. The monoisotopic (exact) mass is 541 g/mol. The largest absolute Gasteiger partial charge is 0.353 e. The summed E-state index contributed by atoms with van der Waals surface area (Å²) in [5, 5.41) is 7.50. The van der Waals surface area contributed by atoms with Crippen LogP contribution in [0.5, 0.6) is 0 Å². The van der Waals surface area contributed by atoms with E-state index in [0.29, 0.717) is 24.6 Å². The molecule has 4 rings (SSSR count). The molecule has 10 heteroatoms. The Balaban J connectivity index is 1.91. The summed E-state index contributed by atoms with van der Waals surface area (Å²) >= 11 is 1.42. The van der Waals surface area contributed by atoms with Crippen molar-refractivity contribution in [3.05, 3.63) is 77.0 Å². The lowest BCUT2D eigenvalue weighted by molar-refractivity contribution is -0.122. The van der Waals surface area contributed by atoms with E-state index in [0.717, 1.165) is 16.8 Å². The molecule has 0 aliphatic carbocycles. The summed E-state index contributed by atoms with van der Waals surface area (Å²) in [6, 6.07) is 12.1. The highest BCUT2D eigenvalue weighted by Gasteiger charge is 2.39. The van der Waals surface area contributed by atoms with Crippen molar-refractivity contribution in [3.63, 3.8) is 0 Å². The van der Waals surface area contributed by atoms with Crippen molar-refractivity contribution >= 4 is 29.4 Å². The third-order valence-corrected chi connectivity index (χ3v) is 7.48. The van der Waals surface area contributed by atoms with E-state index in [1.54, 1.807) is 28.9 Å². The van der Waals surface area contributed by atoms with E-state index >= 15 is 0 Å². The number of halogens is 2. The molecule has 0 bridgehead atoms. The van der Waals surface area contributed by atoms with Crippen LogP contribution in [0, 0.1) is 11.6 Å². The molecule has 1 aliphatic rings. The number of hydrogen-bond acceptors (Lipinski definition) is 5. The molecule has 202 valence electrons. The molecule has 1 N–H and O–H groups in total. The first-order valence-electron chi connectivity index (χ1n) is 12.4. The van der Waals surface area contributed by atoms with Crippen LogP contribution in [0.25, 0.3) is 5.69 Å². The number of rotatable bonds is 7. The maximum Gasteiger partial charge on any atom is 0.240 e. The Morgan fingerprint density at radius 3 is 2.26 bits per heavy atom. The number of carbonyl (C=O) groups excluding carboxylic acids is 2. The summed E-state index contributed by atoms with van der Waals surface area (Å²) in [6.07, 6.45) is 0. The van der Waals surface area contributed by atoms with Crippen molar-refractivity contribution in [2.75, 3.05) is 44.4 Å². The number of benzene rings is 2. The zero-order chi connectivity index (χ0) is 27.6. The van der Waals surface area contributed by atoms with Crippen LogP contribution in [0.3, 0.4) is 0 Å². The van der Waals surface area contributed by atoms with E-state index in [2.05, 4.69) is 5.32 Å². The second-order valence-electron chi connectivity index (χ2n) is 10.6. The molecule has 2 heterocycles. The molecule has 7 nitrogen and oxygen atoms in total. The second kappa shape index (κ2) is 11.2. The number of anilines is 1. The van der Waals surface area contributed by atoms with Gasteiger partial charge in [-0.2, -0.15) is 5.10 Å². The second-order valence-corrected chi connectivity index (χ2v) is 11.7. The molecule has 0 saturated heterocycles. The number of thioether (sulfide) groups is 1. The van der Waals surface area contributed by atoms with Crippen molar-refractivity contribution in [3.8, 4) is 5.69 Å². The topological polar surface area (TPSA) is 70.5 Å². The summed E-state index contributed by atoms with van der Waals surface area (Å²) in [4.78, 5) is 30.0. The molecule has 2 amide bonds. The fourth-order valence-corrected chi connectivity index (χ4v) is 5.55. The lowest BCUT2D eigenvalue weighted by atomic mass is 9.87. The number of fused-ring (bicyclic) bond motifs is 1. The number of hydrogen-bond donors (Lipinski definition) is 1. The Morgan fingerprint density at radius 2 is 1.68 bits per heavy atom. The summed E-state index contributed by atoms with van der Waals surface area (Å²) in [5.41, 5.74) is 2.48. The van der Waals surface area contributed by atoms with Crippen molar-refractivity contribution in [1.82, 2.24) is 20.0 Å². The van der Waals surface area contributed by atoms with Crippen LogP contribution in [-0.4, -0.2) is 66.0 Å². The molecular weight excluding hydrogens is 508 g/mol. The van der Waals surface area contributed by atoms with Crippen LogP contribution in [0.15, 0.2) is 48.5 Å². The van der Waals surface area contributed by atoms with Crippen molar-refractivity contribution in [2.45, 2.75) is 31.4 Å². The van der Waals surface area contributed by atoms with Crippen LogP contribution in [0.4, 0.5) is 14.6 Å². The van der Waals surface area contributed by atoms with Crippen LogP contribution in [0.1, 0.15) is 42.8 Å². The van der Waals surface area contributed by atoms with E-state index in [1.165, 1.54) is 40.9 Å². The van der Waals surface area contributed by atoms with Gasteiger partial charge in [0.2, 0.25) is 11.8 Å². The number of amides is 2. The first-order valence-corrected chi connectivity index (χ1v) is 13.5. The highest BCUT2D eigenvalue weighted by Crippen LogP contribution is 2.48. The predicted molar refractivity (Wildman–Crippen MR) is 147 cm³/mol. The van der Waals surface area contributed by atoms with E-state index in [-0.39, 0.29) is 35.2 Å². The minimum absolute atomic E-state index is 0.120. The van der Waals surface area contributed by atoms with Gasteiger partial charge in [0.15, 0.2) is 0 Å². The third-order valence-electron chi connectivity index (χ3n) is 6.23. The van der Waals surface area contributed by atoms with Gasteiger partial charge in [0.25, 0.3) is 0 Å². The first-order chi connectivity index (χ1) is 18.0. The molecule has 1 aromatic heterocycles. The van der Waals surface area contributed by atoms with Crippen LogP contribution in [-0.2, 0) is 15.0 Å². The first kappa shape index (κ1) is 27.8. The number of nitrogens with zero attached hydrogens (tertiary/aromatic N) is 4. The molecule has 2 aromatic carbocycles. The molecule has 3 aromatic rings. The SMILES string of the molecule is CN(C)CCNC(=O)CN1C(=O)CSC(c2ccc(F)cc2)c2c(C(C)(C)C)nn(-c3ccc(F)cc3)c21. The molecule has 38 heavy (non-hydrogen) atoms. The van der Waals surface area contributed by atoms with Gasteiger partial charge in [-0.15, -0.1) is 11.8 Å². The predicted octanol–water partition coefficient (Wildman–Crippen LogP) is 4.30. The number of nitrogens with one attached hydrogen (secondary N) is 1. The Labute approximate surface area is 226 Å². The van der Waals surface area contributed by atoms with Crippen molar-refractivity contribution in [1.29, 1.82) is 0 Å². The Hall–Kier alpha value is -3.24. The van der Waals surface area contributed by atoms with Gasteiger partial charge in [-0.05, 0) is 56.1 Å². The molecule has 0 spiro atoms. The van der Waals surface area contributed by atoms with Gasteiger partial charge >= 0.3 is 0 Å². The average Bonchev–Trinajstić information content (AvgIpc) is 3.18. The Kier molecular flexibility index (Phi) is 8.22. The van der Waals surface area contributed by atoms with Gasteiger partial charge in [-0.25, -0.2) is 13.5 Å². The summed E-state index contributed by atoms with van der Waals surface area (Å²) in [5.74, 6) is -0.690. The zero-order valence-electron chi connectivity index (χ0n) is 22.3. The minimum Gasteiger partial charge on any atom is -0.353 e. The van der Waals surface area contributed by atoms with E-state index in [9.17, 15) is 18.4 Å². The van der Waals surface area contributed by atoms with Crippen LogP contribution in [0.2, 0.25) is 0 Å². The molecule has 0 saturated carbocycles. The van der Waals surface area contributed by atoms with Gasteiger partial charge in [0, 0.05) is 24.1 Å². The minimum atomic E-state index is -0.429.